The van der Waals surface area contributed by atoms with Crippen LogP contribution in [0, 0.1) is 34.8 Å². The van der Waals surface area contributed by atoms with Gasteiger partial charge in [0, 0.05) is 23.9 Å². The van der Waals surface area contributed by atoms with Crippen molar-refractivity contribution in [1.82, 2.24) is 0 Å². The summed E-state index contributed by atoms with van der Waals surface area (Å²) < 4.78 is 0. The highest BCUT2D eigenvalue weighted by molar-refractivity contribution is 5.55. The molecule has 4 nitrogen and oxygen atoms in total. The third-order valence-electron chi connectivity index (χ3n) is 5.24. The highest BCUT2D eigenvalue weighted by Crippen LogP contribution is 2.49. The molecule has 108 valence electrons. The molecule has 0 aromatic heterocycles. The normalized spacial score (nSPS) is 29.4. The number of nitrogens with zero attached hydrogens (tertiary/aromatic N) is 1. The van der Waals surface area contributed by atoms with Crippen molar-refractivity contribution < 1.29 is 4.92 Å². The lowest BCUT2D eigenvalue weighted by Crippen LogP contribution is -2.30. The predicted octanol–water partition coefficient (Wildman–Crippen LogP) is 4.14. The lowest BCUT2D eigenvalue weighted by atomic mass is 9.84. The van der Waals surface area contributed by atoms with Gasteiger partial charge in [0.05, 0.1) is 4.92 Å². The summed E-state index contributed by atoms with van der Waals surface area (Å²) in [4.78, 5) is 10.4. The number of rotatable bonds is 4. The molecule has 3 rings (SSSR count). The summed E-state index contributed by atoms with van der Waals surface area (Å²) in [5.74, 6) is 2.61. The van der Waals surface area contributed by atoms with Crippen LogP contribution in [0.25, 0.3) is 0 Å². The van der Waals surface area contributed by atoms with Crippen LogP contribution in [0.2, 0.25) is 0 Å². The smallest absolute Gasteiger partial charge is 0.269 e. The highest BCUT2D eigenvalue weighted by atomic mass is 16.6. The molecule has 0 amide bonds. The Labute approximate surface area is 119 Å². The van der Waals surface area contributed by atoms with Crippen molar-refractivity contribution in [2.75, 3.05) is 5.32 Å². The number of nitro groups is 1. The van der Waals surface area contributed by atoms with Crippen LogP contribution in [-0.2, 0) is 0 Å². The van der Waals surface area contributed by atoms with Gasteiger partial charge in [0.25, 0.3) is 5.69 Å². The van der Waals surface area contributed by atoms with Crippen LogP contribution >= 0.6 is 0 Å². The zero-order chi connectivity index (χ0) is 14.3. The second kappa shape index (κ2) is 5.08. The predicted molar refractivity (Wildman–Crippen MR) is 79.9 cm³/mol. The number of nitro benzene ring substituents is 1. The zero-order valence-corrected chi connectivity index (χ0v) is 12.1. The highest BCUT2D eigenvalue weighted by Gasteiger charge is 2.41. The Bertz CT molecular complexity index is 529. The van der Waals surface area contributed by atoms with Crippen LogP contribution in [0.3, 0.4) is 0 Å². The van der Waals surface area contributed by atoms with E-state index in [4.69, 9.17) is 0 Å². The van der Waals surface area contributed by atoms with Crippen molar-refractivity contribution >= 4 is 11.4 Å². The second-order valence-electron chi connectivity index (χ2n) is 6.53. The molecule has 20 heavy (non-hydrogen) atoms. The maximum absolute atomic E-state index is 10.8. The van der Waals surface area contributed by atoms with Gasteiger partial charge < -0.3 is 5.32 Å². The Morgan fingerprint density at radius 1 is 1.35 bits per heavy atom. The first-order valence-corrected chi connectivity index (χ1v) is 7.56. The van der Waals surface area contributed by atoms with Gasteiger partial charge in [-0.05, 0) is 62.5 Å². The van der Waals surface area contributed by atoms with Crippen LogP contribution in [0.1, 0.15) is 38.2 Å². The second-order valence-corrected chi connectivity index (χ2v) is 6.53. The average Bonchev–Trinajstić information content (AvgIpc) is 3.03. The molecule has 0 heterocycles. The summed E-state index contributed by atoms with van der Waals surface area (Å²) in [5, 5.41) is 14.3. The van der Waals surface area contributed by atoms with E-state index in [0.717, 1.165) is 29.0 Å². The van der Waals surface area contributed by atoms with Gasteiger partial charge in [0.1, 0.15) is 0 Å². The van der Waals surface area contributed by atoms with Gasteiger partial charge in [-0.3, -0.25) is 10.1 Å². The van der Waals surface area contributed by atoms with Crippen LogP contribution in [0.4, 0.5) is 11.4 Å². The Balaban J connectivity index is 1.70. The molecule has 1 aromatic rings. The van der Waals surface area contributed by atoms with E-state index in [1.807, 2.05) is 13.0 Å². The Hall–Kier alpha value is -1.58. The van der Waals surface area contributed by atoms with Gasteiger partial charge in [0.15, 0.2) is 0 Å². The molecule has 2 saturated carbocycles. The summed E-state index contributed by atoms with van der Waals surface area (Å²) >= 11 is 0. The lowest BCUT2D eigenvalue weighted by Gasteiger charge is -2.29. The molecular formula is C16H22N2O2. The molecule has 1 aromatic carbocycles. The molecule has 2 aliphatic rings. The van der Waals surface area contributed by atoms with Crippen LogP contribution in [0.15, 0.2) is 18.2 Å². The Kier molecular flexibility index (Phi) is 3.40. The maximum atomic E-state index is 10.8. The summed E-state index contributed by atoms with van der Waals surface area (Å²) in [6.45, 7) is 4.19. The average molecular weight is 274 g/mol. The van der Waals surface area contributed by atoms with E-state index >= 15 is 0 Å². The molecule has 2 bridgehead atoms. The first kappa shape index (κ1) is 13.4. The number of benzene rings is 1. The summed E-state index contributed by atoms with van der Waals surface area (Å²) in [6.07, 6.45) is 5.58. The standard InChI is InChI=1S/C16H22N2O2/c1-10-7-14(18(19)20)5-6-16(10)17-11(2)15-9-12-3-4-13(15)8-12/h5-7,11-13,15,17H,3-4,8-9H2,1-2H3. The quantitative estimate of drug-likeness (QED) is 0.663. The first-order valence-electron chi connectivity index (χ1n) is 7.56. The van der Waals surface area contributed by atoms with Crippen molar-refractivity contribution in [3.05, 3.63) is 33.9 Å². The molecule has 0 spiro atoms. The Morgan fingerprint density at radius 2 is 2.15 bits per heavy atom. The number of non-ortho nitro benzene ring substituents is 1. The monoisotopic (exact) mass is 274 g/mol. The first-order chi connectivity index (χ1) is 9.54. The van der Waals surface area contributed by atoms with Crippen molar-refractivity contribution in [1.29, 1.82) is 0 Å². The van der Waals surface area contributed by atoms with E-state index in [1.54, 1.807) is 12.1 Å². The zero-order valence-electron chi connectivity index (χ0n) is 12.1. The van der Waals surface area contributed by atoms with Crippen molar-refractivity contribution in [3.63, 3.8) is 0 Å². The fourth-order valence-electron chi connectivity index (χ4n) is 4.18. The SMILES string of the molecule is Cc1cc([N+](=O)[O-])ccc1NC(C)C1CC2CCC1C2. The van der Waals surface area contributed by atoms with E-state index in [0.29, 0.717) is 6.04 Å². The van der Waals surface area contributed by atoms with Crippen LogP contribution < -0.4 is 5.32 Å². The number of aryl methyl sites for hydroxylation is 1. The number of hydrogen-bond donors (Lipinski definition) is 1. The van der Waals surface area contributed by atoms with Gasteiger partial charge in [0.2, 0.25) is 0 Å². The van der Waals surface area contributed by atoms with Crippen molar-refractivity contribution in [2.45, 2.75) is 45.6 Å². The van der Waals surface area contributed by atoms with E-state index in [1.165, 1.54) is 25.7 Å². The minimum absolute atomic E-state index is 0.167. The molecule has 0 radical (unpaired) electrons. The van der Waals surface area contributed by atoms with E-state index in [2.05, 4.69) is 12.2 Å². The Morgan fingerprint density at radius 3 is 2.70 bits per heavy atom. The summed E-state index contributed by atoms with van der Waals surface area (Å²) in [7, 11) is 0. The van der Waals surface area contributed by atoms with E-state index in [9.17, 15) is 10.1 Å². The maximum Gasteiger partial charge on any atom is 0.269 e. The fourth-order valence-corrected chi connectivity index (χ4v) is 4.18. The summed E-state index contributed by atoms with van der Waals surface area (Å²) in [6, 6.07) is 5.53. The molecule has 1 N–H and O–H groups in total. The number of hydrogen-bond acceptors (Lipinski definition) is 3. The molecule has 4 atom stereocenters. The molecule has 4 unspecified atom stereocenters. The largest absolute Gasteiger partial charge is 0.382 e. The van der Waals surface area contributed by atoms with Crippen molar-refractivity contribution in [2.24, 2.45) is 17.8 Å². The van der Waals surface area contributed by atoms with Crippen LogP contribution in [0.5, 0.6) is 0 Å². The number of nitrogens with one attached hydrogen (secondary N) is 1. The number of fused-ring (bicyclic) bond motifs is 2. The molecule has 0 aliphatic heterocycles. The molecule has 2 aliphatic carbocycles. The topological polar surface area (TPSA) is 55.2 Å². The minimum atomic E-state index is -0.337. The fraction of sp³-hybridized carbons (Fsp3) is 0.625. The van der Waals surface area contributed by atoms with Crippen molar-refractivity contribution in [3.8, 4) is 0 Å². The van der Waals surface area contributed by atoms with Gasteiger partial charge in [-0.1, -0.05) is 6.42 Å². The molecule has 2 fully saturated rings. The molecule has 0 saturated heterocycles. The molecular weight excluding hydrogens is 252 g/mol. The van der Waals surface area contributed by atoms with Crippen LogP contribution in [-0.4, -0.2) is 11.0 Å². The van der Waals surface area contributed by atoms with Gasteiger partial charge in [-0.15, -0.1) is 0 Å². The lowest BCUT2D eigenvalue weighted by molar-refractivity contribution is -0.384. The van der Waals surface area contributed by atoms with Gasteiger partial charge in [-0.25, -0.2) is 0 Å². The third-order valence-corrected chi connectivity index (χ3v) is 5.24. The van der Waals surface area contributed by atoms with Gasteiger partial charge in [-0.2, -0.15) is 0 Å². The minimum Gasteiger partial charge on any atom is -0.382 e. The van der Waals surface area contributed by atoms with E-state index in [-0.39, 0.29) is 10.6 Å². The number of anilines is 1. The molecule has 4 heteroatoms. The van der Waals surface area contributed by atoms with Gasteiger partial charge >= 0.3 is 0 Å². The van der Waals surface area contributed by atoms with E-state index < -0.39 is 0 Å². The summed E-state index contributed by atoms with van der Waals surface area (Å²) in [5.41, 5.74) is 2.15. The third kappa shape index (κ3) is 2.39.